The van der Waals surface area contributed by atoms with Crippen LogP contribution in [0.25, 0.3) is 0 Å². The van der Waals surface area contributed by atoms with Gasteiger partial charge >= 0.3 is 0 Å². The van der Waals surface area contributed by atoms with E-state index in [9.17, 15) is 4.39 Å². The third kappa shape index (κ3) is 3.80. The highest BCUT2D eigenvalue weighted by Gasteiger charge is 2.12. The van der Waals surface area contributed by atoms with Gasteiger partial charge in [0.25, 0.3) is 0 Å². The summed E-state index contributed by atoms with van der Waals surface area (Å²) in [6.45, 7) is 1.92. The maximum atomic E-state index is 13.2. The molecule has 1 atom stereocenters. The maximum absolute atomic E-state index is 13.2. The number of nitrogens with one attached hydrogen (secondary N) is 1. The number of halogens is 1. The number of benzene rings is 2. The fraction of sp³-hybridized carbons (Fsp3) is 0.294. The molecule has 4 heteroatoms. The molecule has 2 rings (SSSR count). The molecule has 2 aromatic carbocycles. The quantitative estimate of drug-likeness (QED) is 0.656. The van der Waals surface area contributed by atoms with Gasteiger partial charge in [0.05, 0.1) is 0 Å². The zero-order valence-electron chi connectivity index (χ0n) is 12.7. The topological polar surface area (TPSA) is 41.3 Å². The summed E-state index contributed by atoms with van der Waals surface area (Å²) in [6, 6.07) is 13.1. The molecule has 21 heavy (non-hydrogen) atoms. The fourth-order valence-electron chi connectivity index (χ4n) is 2.39. The van der Waals surface area contributed by atoms with E-state index in [1.165, 1.54) is 6.07 Å². The molecule has 0 fully saturated rings. The summed E-state index contributed by atoms with van der Waals surface area (Å²) < 4.78 is 13.2. The van der Waals surface area contributed by atoms with Gasteiger partial charge in [-0.15, -0.1) is 0 Å². The lowest BCUT2D eigenvalue weighted by Crippen LogP contribution is -2.29. The van der Waals surface area contributed by atoms with E-state index in [0.717, 1.165) is 28.8 Å². The van der Waals surface area contributed by atoms with Crippen LogP contribution in [-0.2, 0) is 6.42 Å². The molecule has 0 saturated carbocycles. The Kier molecular flexibility index (Phi) is 4.94. The number of nitrogens with zero attached hydrogens (tertiary/aromatic N) is 1. The molecule has 0 heterocycles. The molecular weight excluding hydrogens is 265 g/mol. The van der Waals surface area contributed by atoms with Crippen LogP contribution in [0.5, 0.6) is 0 Å². The van der Waals surface area contributed by atoms with Gasteiger partial charge in [-0.3, -0.25) is 11.3 Å². The van der Waals surface area contributed by atoms with E-state index in [1.54, 1.807) is 6.07 Å². The van der Waals surface area contributed by atoms with Gasteiger partial charge in [-0.1, -0.05) is 18.2 Å². The van der Waals surface area contributed by atoms with Crippen LogP contribution in [0.4, 0.5) is 10.1 Å². The Morgan fingerprint density at radius 3 is 2.33 bits per heavy atom. The summed E-state index contributed by atoms with van der Waals surface area (Å²) in [5.74, 6) is 5.49. The number of nitrogens with two attached hydrogens (primary N) is 1. The van der Waals surface area contributed by atoms with Gasteiger partial charge < -0.3 is 4.90 Å². The molecule has 0 spiro atoms. The van der Waals surface area contributed by atoms with Crippen LogP contribution in [0.1, 0.15) is 22.7 Å². The largest absolute Gasteiger partial charge is 0.378 e. The van der Waals surface area contributed by atoms with E-state index in [0.29, 0.717) is 0 Å². The van der Waals surface area contributed by atoms with E-state index in [1.807, 2.05) is 27.1 Å². The Morgan fingerprint density at radius 2 is 1.81 bits per heavy atom. The van der Waals surface area contributed by atoms with Gasteiger partial charge in [-0.05, 0) is 54.3 Å². The second-order valence-electron chi connectivity index (χ2n) is 5.48. The summed E-state index contributed by atoms with van der Waals surface area (Å²) in [6.07, 6.45) is 0.726. The number of hydrogen-bond acceptors (Lipinski definition) is 3. The molecule has 0 amide bonds. The third-order valence-corrected chi connectivity index (χ3v) is 3.74. The molecule has 0 aromatic heterocycles. The van der Waals surface area contributed by atoms with Gasteiger partial charge in [-0.25, -0.2) is 4.39 Å². The van der Waals surface area contributed by atoms with Crippen molar-refractivity contribution in [3.63, 3.8) is 0 Å². The minimum atomic E-state index is -0.205. The molecule has 0 bridgehead atoms. The maximum Gasteiger partial charge on any atom is 0.123 e. The first-order chi connectivity index (χ1) is 10.0. The second kappa shape index (κ2) is 6.70. The van der Waals surface area contributed by atoms with E-state index in [4.69, 9.17) is 5.84 Å². The monoisotopic (exact) mass is 287 g/mol. The summed E-state index contributed by atoms with van der Waals surface area (Å²) in [5.41, 5.74) is 7.15. The van der Waals surface area contributed by atoms with Crippen LogP contribution in [-0.4, -0.2) is 14.1 Å². The minimum Gasteiger partial charge on any atom is -0.378 e. The zero-order valence-corrected chi connectivity index (χ0v) is 12.7. The molecule has 2 aromatic rings. The van der Waals surface area contributed by atoms with Crippen molar-refractivity contribution in [2.75, 3.05) is 19.0 Å². The highest BCUT2D eigenvalue weighted by atomic mass is 19.1. The lowest BCUT2D eigenvalue weighted by molar-refractivity contribution is 0.549. The van der Waals surface area contributed by atoms with E-state index in [-0.39, 0.29) is 11.9 Å². The lowest BCUT2D eigenvalue weighted by Gasteiger charge is -2.19. The normalized spacial score (nSPS) is 12.2. The van der Waals surface area contributed by atoms with Gasteiger partial charge in [-0.2, -0.15) is 0 Å². The zero-order chi connectivity index (χ0) is 15.4. The van der Waals surface area contributed by atoms with Crippen molar-refractivity contribution in [3.05, 3.63) is 65.0 Å². The Balaban J connectivity index is 2.19. The Morgan fingerprint density at radius 1 is 1.14 bits per heavy atom. The van der Waals surface area contributed by atoms with Crippen molar-refractivity contribution >= 4 is 5.69 Å². The van der Waals surface area contributed by atoms with Crippen molar-refractivity contribution < 1.29 is 4.39 Å². The number of anilines is 1. The molecule has 0 radical (unpaired) electrons. The van der Waals surface area contributed by atoms with Gasteiger partial charge in [0, 0.05) is 25.8 Å². The Bertz CT molecular complexity index is 593. The van der Waals surface area contributed by atoms with Crippen molar-refractivity contribution in [1.82, 2.24) is 5.43 Å². The van der Waals surface area contributed by atoms with E-state index >= 15 is 0 Å². The standard InChI is InChI=1S/C17H22FN3/c1-12-10-15(18)7-4-14(12)11-17(20-19)13-5-8-16(9-6-13)21(2)3/h4-10,17,20H,11,19H2,1-3H3. The third-order valence-electron chi connectivity index (χ3n) is 3.74. The molecule has 0 saturated heterocycles. The summed E-state index contributed by atoms with van der Waals surface area (Å²) in [7, 11) is 4.02. The minimum absolute atomic E-state index is 0.00498. The van der Waals surface area contributed by atoms with Crippen LogP contribution in [0.3, 0.4) is 0 Å². The average Bonchev–Trinajstić information content (AvgIpc) is 2.47. The SMILES string of the molecule is Cc1cc(F)ccc1CC(NN)c1ccc(N(C)C)cc1. The number of hydrogen-bond donors (Lipinski definition) is 2. The molecule has 3 N–H and O–H groups in total. The number of rotatable bonds is 5. The van der Waals surface area contributed by atoms with E-state index < -0.39 is 0 Å². The first-order valence-electron chi connectivity index (χ1n) is 6.99. The van der Waals surface area contributed by atoms with Crippen molar-refractivity contribution in [2.24, 2.45) is 5.84 Å². The van der Waals surface area contributed by atoms with Crippen molar-refractivity contribution in [3.8, 4) is 0 Å². The highest BCUT2D eigenvalue weighted by molar-refractivity contribution is 5.46. The molecule has 0 aliphatic rings. The number of aryl methyl sites for hydroxylation is 1. The van der Waals surface area contributed by atoms with Crippen LogP contribution in [0.15, 0.2) is 42.5 Å². The average molecular weight is 287 g/mol. The van der Waals surface area contributed by atoms with Crippen molar-refractivity contribution in [1.29, 1.82) is 0 Å². The molecule has 0 aliphatic heterocycles. The van der Waals surface area contributed by atoms with Crippen molar-refractivity contribution in [2.45, 2.75) is 19.4 Å². The lowest BCUT2D eigenvalue weighted by atomic mass is 9.96. The number of hydrazine groups is 1. The molecule has 0 aliphatic carbocycles. The van der Waals surface area contributed by atoms with Gasteiger partial charge in [0.1, 0.15) is 5.82 Å². The van der Waals surface area contributed by atoms with E-state index in [2.05, 4.69) is 34.6 Å². The molecule has 112 valence electrons. The second-order valence-corrected chi connectivity index (χ2v) is 5.48. The summed E-state index contributed by atoms with van der Waals surface area (Å²) in [4.78, 5) is 2.05. The predicted octanol–water partition coefficient (Wildman–Crippen LogP) is 2.95. The highest BCUT2D eigenvalue weighted by Crippen LogP contribution is 2.22. The molecule has 1 unspecified atom stereocenters. The summed E-state index contributed by atoms with van der Waals surface area (Å²) >= 11 is 0. The molecule has 3 nitrogen and oxygen atoms in total. The predicted molar refractivity (Wildman–Crippen MR) is 85.7 cm³/mol. The first-order valence-corrected chi connectivity index (χ1v) is 6.99. The van der Waals surface area contributed by atoms with Gasteiger partial charge in [0.2, 0.25) is 0 Å². The Labute approximate surface area is 125 Å². The van der Waals surface area contributed by atoms with Gasteiger partial charge in [0.15, 0.2) is 0 Å². The smallest absolute Gasteiger partial charge is 0.123 e. The summed E-state index contributed by atoms with van der Waals surface area (Å²) in [5, 5.41) is 0. The fourth-order valence-corrected chi connectivity index (χ4v) is 2.39. The van der Waals surface area contributed by atoms with Crippen LogP contribution in [0, 0.1) is 12.7 Å². The van der Waals surface area contributed by atoms with Crippen LogP contribution in [0.2, 0.25) is 0 Å². The Hall–Kier alpha value is -1.91. The molecular formula is C17H22FN3. The van der Waals surface area contributed by atoms with Crippen LogP contribution < -0.4 is 16.2 Å². The van der Waals surface area contributed by atoms with Crippen LogP contribution >= 0.6 is 0 Å². The first kappa shape index (κ1) is 15.5.